The van der Waals surface area contributed by atoms with Crippen LogP contribution in [0.15, 0.2) is 22.6 Å². The van der Waals surface area contributed by atoms with Crippen molar-refractivity contribution < 1.29 is 9.26 Å². The third-order valence-corrected chi connectivity index (χ3v) is 2.94. The second kappa shape index (κ2) is 5.27. The predicted octanol–water partition coefficient (Wildman–Crippen LogP) is 1.66. The van der Waals surface area contributed by atoms with Crippen molar-refractivity contribution in [2.45, 2.75) is 13.8 Å². The Morgan fingerprint density at radius 3 is 2.83 bits per heavy atom. The highest BCUT2D eigenvalue weighted by atomic mass is 16.5. The molecule has 1 N–H and O–H groups in total. The van der Waals surface area contributed by atoms with E-state index in [1.165, 1.54) is 0 Å². The molecule has 0 radical (unpaired) electrons. The Hall–Kier alpha value is -1.75. The van der Waals surface area contributed by atoms with Crippen LogP contribution in [0.4, 0.5) is 0 Å². The molecule has 0 fully saturated rings. The van der Waals surface area contributed by atoms with Crippen LogP contribution in [-0.2, 0) is 4.74 Å². The van der Waals surface area contributed by atoms with Crippen molar-refractivity contribution in [3.05, 3.63) is 35.1 Å². The molecule has 1 aliphatic rings. The van der Waals surface area contributed by atoms with Gasteiger partial charge in [0, 0.05) is 17.3 Å². The zero-order chi connectivity index (χ0) is 13.1. The summed E-state index contributed by atoms with van der Waals surface area (Å²) in [7, 11) is 3.62. The molecule has 0 aromatic carbocycles. The highest BCUT2D eigenvalue weighted by molar-refractivity contribution is 5.77. The van der Waals surface area contributed by atoms with Crippen LogP contribution in [0.5, 0.6) is 0 Å². The van der Waals surface area contributed by atoms with Gasteiger partial charge in [-0.1, -0.05) is 5.16 Å². The van der Waals surface area contributed by atoms with Gasteiger partial charge in [-0.2, -0.15) is 0 Å². The van der Waals surface area contributed by atoms with E-state index in [0.29, 0.717) is 0 Å². The molecule has 5 nitrogen and oxygen atoms in total. The van der Waals surface area contributed by atoms with Crippen LogP contribution in [-0.4, -0.2) is 37.4 Å². The summed E-state index contributed by atoms with van der Waals surface area (Å²) in [5, 5.41) is 7.13. The molecule has 1 aliphatic heterocycles. The van der Waals surface area contributed by atoms with E-state index in [1.54, 1.807) is 7.11 Å². The number of allylic oxidation sites excluding steroid dienone is 2. The first-order valence-electron chi connectivity index (χ1n) is 5.94. The Morgan fingerprint density at radius 1 is 1.50 bits per heavy atom. The van der Waals surface area contributed by atoms with Gasteiger partial charge >= 0.3 is 0 Å². The Bertz CT molecular complexity index is 469. The molecule has 0 amide bonds. The van der Waals surface area contributed by atoms with E-state index in [1.807, 2.05) is 27.0 Å². The van der Waals surface area contributed by atoms with Gasteiger partial charge in [0.05, 0.1) is 26.0 Å². The van der Waals surface area contributed by atoms with Gasteiger partial charge in [-0.05, 0) is 27.0 Å². The third kappa shape index (κ3) is 2.41. The van der Waals surface area contributed by atoms with E-state index in [4.69, 9.17) is 9.26 Å². The van der Waals surface area contributed by atoms with Gasteiger partial charge in [0.1, 0.15) is 11.5 Å². The molecule has 18 heavy (non-hydrogen) atoms. The number of nitrogens with zero attached hydrogens (tertiary/aromatic N) is 2. The van der Waals surface area contributed by atoms with Crippen LogP contribution in [0.25, 0.3) is 5.57 Å². The van der Waals surface area contributed by atoms with E-state index in [2.05, 4.69) is 21.6 Å². The molecule has 1 aromatic heterocycles. The Morgan fingerprint density at radius 2 is 2.28 bits per heavy atom. The lowest BCUT2D eigenvalue weighted by Gasteiger charge is -2.26. The molecule has 0 spiro atoms. The zero-order valence-electron chi connectivity index (χ0n) is 11.3. The summed E-state index contributed by atoms with van der Waals surface area (Å²) in [5.41, 5.74) is 3.02. The number of ether oxygens (including phenoxy) is 1. The molecule has 5 heteroatoms. The molecular formula is C13H19N3O2. The predicted molar refractivity (Wildman–Crippen MR) is 69.7 cm³/mol. The van der Waals surface area contributed by atoms with Gasteiger partial charge < -0.3 is 19.5 Å². The van der Waals surface area contributed by atoms with Crippen LogP contribution in [0, 0.1) is 13.8 Å². The molecule has 1 aromatic rings. The number of nitrogens with one attached hydrogen (secondary N) is 1. The highest BCUT2D eigenvalue weighted by Gasteiger charge is 2.18. The molecule has 0 saturated heterocycles. The topological polar surface area (TPSA) is 50.5 Å². The molecule has 0 atom stereocenters. The van der Waals surface area contributed by atoms with E-state index in [-0.39, 0.29) is 0 Å². The van der Waals surface area contributed by atoms with Crippen molar-refractivity contribution in [1.82, 2.24) is 15.4 Å². The van der Waals surface area contributed by atoms with Crippen molar-refractivity contribution in [3.63, 3.8) is 0 Å². The Kier molecular flexibility index (Phi) is 3.72. The van der Waals surface area contributed by atoms with Gasteiger partial charge in [-0.15, -0.1) is 0 Å². The minimum atomic E-state index is 0.768. The number of hydrogen-bond acceptors (Lipinski definition) is 5. The molecule has 2 heterocycles. The fraction of sp³-hybridized carbons (Fsp3) is 0.462. The molecular weight excluding hydrogens is 230 g/mol. The Balaban J connectivity index is 2.37. The molecule has 98 valence electrons. The first-order chi connectivity index (χ1) is 8.65. The van der Waals surface area contributed by atoms with Crippen molar-refractivity contribution in [3.8, 4) is 0 Å². The van der Waals surface area contributed by atoms with Gasteiger partial charge in [0.2, 0.25) is 0 Å². The summed E-state index contributed by atoms with van der Waals surface area (Å²) in [5.74, 6) is 1.76. The van der Waals surface area contributed by atoms with Gasteiger partial charge in [-0.25, -0.2) is 0 Å². The lowest BCUT2D eigenvalue weighted by Crippen LogP contribution is -2.31. The van der Waals surface area contributed by atoms with E-state index in [0.717, 1.165) is 41.6 Å². The standard InChI is InChI=1S/C13H19N3O2/c1-9-13(10(2)18-15-9)11-5-12(17-4)7-16(6-11)8-14-3/h5-6,14H,7-8H2,1-4H3. The Labute approximate surface area is 107 Å². The van der Waals surface area contributed by atoms with Gasteiger partial charge in [0.25, 0.3) is 0 Å². The van der Waals surface area contributed by atoms with E-state index >= 15 is 0 Å². The average Bonchev–Trinajstić information content (AvgIpc) is 2.69. The number of hydrogen-bond donors (Lipinski definition) is 1. The third-order valence-electron chi connectivity index (χ3n) is 2.94. The number of methoxy groups -OCH3 is 1. The smallest absolute Gasteiger partial charge is 0.141 e. The van der Waals surface area contributed by atoms with Crippen LogP contribution in [0.2, 0.25) is 0 Å². The normalized spacial score (nSPS) is 15.4. The average molecular weight is 249 g/mol. The first-order valence-corrected chi connectivity index (χ1v) is 5.94. The summed E-state index contributed by atoms with van der Waals surface area (Å²) in [4.78, 5) is 2.15. The second-order valence-electron chi connectivity index (χ2n) is 4.36. The van der Waals surface area contributed by atoms with Crippen molar-refractivity contribution in [1.29, 1.82) is 0 Å². The van der Waals surface area contributed by atoms with Crippen molar-refractivity contribution in [2.75, 3.05) is 27.4 Å². The largest absolute Gasteiger partial charge is 0.499 e. The van der Waals surface area contributed by atoms with Crippen LogP contribution in [0.1, 0.15) is 17.0 Å². The maximum atomic E-state index is 5.38. The maximum absolute atomic E-state index is 5.38. The monoisotopic (exact) mass is 249 g/mol. The number of rotatable bonds is 4. The molecule has 2 rings (SSSR count). The number of aryl methyl sites for hydroxylation is 2. The highest BCUT2D eigenvalue weighted by Crippen LogP contribution is 2.28. The van der Waals surface area contributed by atoms with Crippen LogP contribution < -0.4 is 5.32 Å². The summed E-state index contributed by atoms with van der Waals surface area (Å²) >= 11 is 0. The van der Waals surface area contributed by atoms with E-state index in [9.17, 15) is 0 Å². The summed E-state index contributed by atoms with van der Waals surface area (Å²) in [6.07, 6.45) is 4.14. The van der Waals surface area contributed by atoms with Crippen molar-refractivity contribution in [2.24, 2.45) is 0 Å². The molecule has 0 unspecified atom stereocenters. The quantitative estimate of drug-likeness (QED) is 0.879. The summed E-state index contributed by atoms with van der Waals surface area (Å²) in [6.45, 7) is 5.41. The zero-order valence-corrected chi connectivity index (χ0v) is 11.3. The summed E-state index contributed by atoms with van der Waals surface area (Å²) in [6, 6.07) is 0. The molecule has 0 bridgehead atoms. The first kappa shape index (κ1) is 12.7. The lowest BCUT2D eigenvalue weighted by atomic mass is 10.0. The van der Waals surface area contributed by atoms with Gasteiger partial charge in [0.15, 0.2) is 0 Å². The summed E-state index contributed by atoms with van der Waals surface area (Å²) < 4.78 is 10.6. The maximum Gasteiger partial charge on any atom is 0.141 e. The minimum absolute atomic E-state index is 0.768. The second-order valence-corrected chi connectivity index (χ2v) is 4.36. The molecule has 0 aliphatic carbocycles. The molecule has 0 saturated carbocycles. The van der Waals surface area contributed by atoms with Crippen LogP contribution in [0.3, 0.4) is 0 Å². The van der Waals surface area contributed by atoms with Crippen LogP contribution >= 0.6 is 0 Å². The lowest BCUT2D eigenvalue weighted by molar-refractivity contribution is 0.238. The number of aromatic nitrogens is 1. The van der Waals surface area contributed by atoms with Crippen molar-refractivity contribution >= 4 is 5.57 Å². The SMILES string of the molecule is CNCN1C=C(c2c(C)noc2C)C=C(OC)C1. The van der Waals surface area contributed by atoms with Gasteiger partial charge in [-0.3, -0.25) is 0 Å². The fourth-order valence-electron chi connectivity index (χ4n) is 2.16. The van der Waals surface area contributed by atoms with E-state index < -0.39 is 0 Å². The minimum Gasteiger partial charge on any atom is -0.499 e. The fourth-order valence-corrected chi connectivity index (χ4v) is 2.16.